The number of benzene rings is 1. The van der Waals surface area contributed by atoms with Crippen molar-refractivity contribution < 1.29 is 9.59 Å². The maximum absolute atomic E-state index is 12.2. The van der Waals surface area contributed by atoms with Crippen LogP contribution < -0.4 is 16.0 Å². The summed E-state index contributed by atoms with van der Waals surface area (Å²) in [6.07, 6.45) is 5.93. The maximum atomic E-state index is 12.2. The van der Waals surface area contributed by atoms with Crippen molar-refractivity contribution in [2.45, 2.75) is 51.5 Å². The fourth-order valence-corrected chi connectivity index (χ4v) is 3.11. The molecule has 3 N–H and O–H groups in total. The van der Waals surface area contributed by atoms with Crippen LogP contribution in [0.4, 0.5) is 5.69 Å². The molecule has 0 radical (unpaired) electrons. The molecular weight excluding hydrogens is 338 g/mol. The van der Waals surface area contributed by atoms with Crippen LogP contribution in [0.2, 0.25) is 0 Å². The minimum atomic E-state index is -0.0531. The Hall–Kier alpha value is -1.59. The van der Waals surface area contributed by atoms with Crippen LogP contribution in [0.15, 0.2) is 18.2 Å². The highest BCUT2D eigenvalue weighted by Crippen LogP contribution is 2.22. The number of hydrogen-bond acceptors (Lipinski definition) is 3. The Morgan fingerprint density at radius 1 is 1.16 bits per heavy atom. The van der Waals surface area contributed by atoms with Crippen LogP contribution in [0.3, 0.4) is 0 Å². The number of carbonyl (C=O) groups is 2. The van der Waals surface area contributed by atoms with Gasteiger partial charge in [0.15, 0.2) is 0 Å². The Kier molecular flexibility index (Phi) is 7.26. The van der Waals surface area contributed by atoms with Crippen LogP contribution in [0.1, 0.15) is 54.4 Å². The molecule has 138 valence electrons. The van der Waals surface area contributed by atoms with E-state index in [9.17, 15) is 9.59 Å². The summed E-state index contributed by atoms with van der Waals surface area (Å²) in [5, 5.41) is 9.31. The molecule has 0 bridgehead atoms. The average molecular weight is 366 g/mol. The van der Waals surface area contributed by atoms with E-state index in [1.165, 1.54) is 0 Å². The zero-order valence-corrected chi connectivity index (χ0v) is 15.6. The van der Waals surface area contributed by atoms with Crippen molar-refractivity contribution in [2.75, 3.05) is 18.4 Å². The number of aryl methyl sites for hydroxylation is 1. The molecule has 6 heteroatoms. The van der Waals surface area contributed by atoms with Gasteiger partial charge in [-0.3, -0.25) is 9.59 Å². The third kappa shape index (κ3) is 6.01. The summed E-state index contributed by atoms with van der Waals surface area (Å²) in [4.78, 5) is 24.4. The van der Waals surface area contributed by atoms with Crippen LogP contribution >= 0.6 is 12.4 Å². The zero-order valence-electron chi connectivity index (χ0n) is 14.8. The molecule has 0 unspecified atom stereocenters. The predicted octanol–water partition coefficient (Wildman–Crippen LogP) is 3.03. The lowest BCUT2D eigenvalue weighted by atomic mass is 9.93. The summed E-state index contributed by atoms with van der Waals surface area (Å²) in [5.41, 5.74) is 2.34. The van der Waals surface area contributed by atoms with Gasteiger partial charge in [-0.05, 0) is 75.7 Å². The molecular formula is C19H28ClN3O2. The van der Waals surface area contributed by atoms with E-state index >= 15 is 0 Å². The van der Waals surface area contributed by atoms with Gasteiger partial charge in [0.25, 0.3) is 5.91 Å². The molecule has 0 spiro atoms. The molecule has 2 aliphatic rings. The van der Waals surface area contributed by atoms with E-state index in [1.54, 1.807) is 6.07 Å². The molecule has 2 fully saturated rings. The first kappa shape index (κ1) is 19.7. The van der Waals surface area contributed by atoms with Gasteiger partial charge < -0.3 is 16.0 Å². The quantitative estimate of drug-likeness (QED) is 0.725. The SMILES string of the molecule is Cc1ccc(C(=O)NC2CC2)cc1NC(=O)CCC1CCNCC1.Cl. The summed E-state index contributed by atoms with van der Waals surface area (Å²) in [6, 6.07) is 5.83. The summed E-state index contributed by atoms with van der Waals surface area (Å²) < 4.78 is 0. The summed E-state index contributed by atoms with van der Waals surface area (Å²) in [7, 11) is 0. The first-order valence-corrected chi connectivity index (χ1v) is 9.04. The van der Waals surface area contributed by atoms with Crippen LogP contribution in [0, 0.1) is 12.8 Å². The molecule has 1 aliphatic carbocycles. The van der Waals surface area contributed by atoms with Gasteiger partial charge >= 0.3 is 0 Å². The van der Waals surface area contributed by atoms with Crippen molar-refractivity contribution in [2.24, 2.45) is 5.92 Å². The molecule has 1 aromatic rings. The monoisotopic (exact) mass is 365 g/mol. The Balaban J connectivity index is 0.00000225. The minimum Gasteiger partial charge on any atom is -0.349 e. The molecule has 0 aromatic heterocycles. The minimum absolute atomic E-state index is 0. The van der Waals surface area contributed by atoms with E-state index in [2.05, 4.69) is 16.0 Å². The zero-order chi connectivity index (χ0) is 16.9. The van der Waals surface area contributed by atoms with Crippen molar-refractivity contribution >= 4 is 29.9 Å². The second kappa shape index (κ2) is 9.20. The number of hydrogen-bond donors (Lipinski definition) is 3. The molecule has 5 nitrogen and oxygen atoms in total. The molecule has 1 aliphatic heterocycles. The Bertz CT molecular complexity index is 611. The Labute approximate surface area is 155 Å². The van der Waals surface area contributed by atoms with Gasteiger partial charge in [-0.15, -0.1) is 12.4 Å². The van der Waals surface area contributed by atoms with Gasteiger partial charge in [-0.2, -0.15) is 0 Å². The highest BCUT2D eigenvalue weighted by atomic mass is 35.5. The first-order chi connectivity index (χ1) is 11.6. The van der Waals surface area contributed by atoms with Gasteiger partial charge in [-0.25, -0.2) is 0 Å². The average Bonchev–Trinajstić information content (AvgIpc) is 3.40. The molecule has 25 heavy (non-hydrogen) atoms. The molecule has 2 amide bonds. The van der Waals surface area contributed by atoms with Crippen molar-refractivity contribution in [1.29, 1.82) is 0 Å². The fourth-order valence-electron chi connectivity index (χ4n) is 3.11. The highest BCUT2D eigenvalue weighted by molar-refractivity contribution is 5.98. The third-order valence-electron chi connectivity index (χ3n) is 4.92. The Morgan fingerprint density at radius 2 is 1.88 bits per heavy atom. The van der Waals surface area contributed by atoms with Gasteiger partial charge in [0.2, 0.25) is 5.91 Å². The smallest absolute Gasteiger partial charge is 0.251 e. The van der Waals surface area contributed by atoms with Gasteiger partial charge in [0.05, 0.1) is 0 Å². The molecule has 1 aromatic carbocycles. The molecule has 0 atom stereocenters. The highest BCUT2D eigenvalue weighted by Gasteiger charge is 2.24. The molecule has 1 saturated carbocycles. The van der Waals surface area contributed by atoms with E-state index in [4.69, 9.17) is 0 Å². The van der Waals surface area contributed by atoms with Crippen LogP contribution in [-0.4, -0.2) is 30.9 Å². The number of piperidine rings is 1. The summed E-state index contributed by atoms with van der Waals surface area (Å²) >= 11 is 0. The lowest BCUT2D eigenvalue weighted by Crippen LogP contribution is -2.28. The first-order valence-electron chi connectivity index (χ1n) is 9.04. The fraction of sp³-hybridized carbons (Fsp3) is 0.579. The topological polar surface area (TPSA) is 70.2 Å². The van der Waals surface area contributed by atoms with E-state index in [-0.39, 0.29) is 24.2 Å². The Morgan fingerprint density at radius 3 is 2.56 bits per heavy atom. The van der Waals surface area contributed by atoms with Crippen molar-refractivity contribution in [3.63, 3.8) is 0 Å². The predicted molar refractivity (Wildman–Crippen MR) is 102 cm³/mol. The maximum Gasteiger partial charge on any atom is 0.251 e. The lowest BCUT2D eigenvalue weighted by molar-refractivity contribution is -0.116. The van der Waals surface area contributed by atoms with Crippen molar-refractivity contribution in [3.05, 3.63) is 29.3 Å². The standard InChI is InChI=1S/C19H27N3O2.ClH/c1-13-2-4-15(19(24)21-16-5-6-16)12-17(13)22-18(23)7-3-14-8-10-20-11-9-14;/h2,4,12,14,16,20H,3,5-11H2,1H3,(H,21,24)(H,22,23);1H. The van der Waals surface area contributed by atoms with E-state index in [1.807, 2.05) is 19.1 Å². The number of carbonyl (C=O) groups excluding carboxylic acids is 2. The van der Waals surface area contributed by atoms with Crippen LogP contribution in [-0.2, 0) is 4.79 Å². The second-order valence-corrected chi connectivity index (χ2v) is 7.06. The van der Waals surface area contributed by atoms with Gasteiger partial charge in [-0.1, -0.05) is 6.07 Å². The molecule has 3 rings (SSSR count). The largest absolute Gasteiger partial charge is 0.349 e. The van der Waals surface area contributed by atoms with Crippen molar-refractivity contribution in [3.8, 4) is 0 Å². The van der Waals surface area contributed by atoms with Crippen LogP contribution in [0.5, 0.6) is 0 Å². The number of halogens is 1. The van der Waals surface area contributed by atoms with Gasteiger partial charge in [0.1, 0.15) is 0 Å². The number of amides is 2. The van der Waals surface area contributed by atoms with Crippen molar-refractivity contribution in [1.82, 2.24) is 10.6 Å². The van der Waals surface area contributed by atoms with E-state index in [0.717, 1.165) is 56.4 Å². The molecule has 1 saturated heterocycles. The number of nitrogens with one attached hydrogen (secondary N) is 3. The normalized spacial score (nSPS) is 17.5. The lowest BCUT2D eigenvalue weighted by Gasteiger charge is -2.22. The molecule has 1 heterocycles. The summed E-state index contributed by atoms with van der Waals surface area (Å²) in [5.74, 6) is 0.632. The third-order valence-corrected chi connectivity index (χ3v) is 4.92. The van der Waals surface area contributed by atoms with E-state index in [0.29, 0.717) is 23.9 Å². The van der Waals surface area contributed by atoms with Gasteiger partial charge in [0, 0.05) is 23.7 Å². The van der Waals surface area contributed by atoms with Crippen LogP contribution in [0.25, 0.3) is 0 Å². The van der Waals surface area contributed by atoms with E-state index < -0.39 is 0 Å². The summed E-state index contributed by atoms with van der Waals surface area (Å²) in [6.45, 7) is 4.07. The number of rotatable bonds is 6. The second-order valence-electron chi connectivity index (χ2n) is 7.06. The number of anilines is 1.